The second-order valence-corrected chi connectivity index (χ2v) is 6.98. The molecule has 0 aliphatic heterocycles. The van der Waals surface area contributed by atoms with Crippen LogP contribution >= 0.6 is 15.9 Å². The van der Waals surface area contributed by atoms with E-state index in [-0.39, 0.29) is 12.2 Å². The molecule has 126 valence electrons. The van der Waals surface area contributed by atoms with Crippen molar-refractivity contribution >= 4 is 43.0 Å². The second-order valence-electron chi connectivity index (χ2n) is 6.13. The smallest absolute Gasteiger partial charge is 0.148 e. The number of nitrogen functional groups attached to an aromatic ring is 1. The van der Waals surface area contributed by atoms with Crippen LogP contribution in [0.3, 0.4) is 0 Å². The largest absolute Gasteiger partial charge is 0.396 e. The van der Waals surface area contributed by atoms with Gasteiger partial charge < -0.3 is 20.9 Å². The van der Waals surface area contributed by atoms with E-state index in [0.717, 1.165) is 5.56 Å². The van der Waals surface area contributed by atoms with Crippen LogP contribution < -0.4 is 11.1 Å². The number of anilines is 2. The van der Waals surface area contributed by atoms with E-state index in [0.29, 0.717) is 16.8 Å². The summed E-state index contributed by atoms with van der Waals surface area (Å²) in [7, 11) is 3.64. The first-order valence-corrected chi connectivity index (χ1v) is 8.43. The lowest BCUT2D eigenvalue weighted by molar-refractivity contribution is -0.0207. The molecule has 24 heavy (non-hydrogen) atoms. The van der Waals surface area contributed by atoms with Gasteiger partial charge in [-0.2, -0.15) is 0 Å². The molecule has 0 spiro atoms. The minimum atomic E-state index is -0.784. The Morgan fingerprint density at radius 2 is 1.96 bits per heavy atom. The normalized spacial score (nSPS) is 12.8. The average molecular weight is 393 g/mol. The molecular formula is C16H20B2BrFN2O2. The lowest BCUT2D eigenvalue weighted by Gasteiger charge is -2.32. The Bertz CT molecular complexity index is 689. The monoisotopic (exact) mass is 392 g/mol. The van der Waals surface area contributed by atoms with Crippen LogP contribution in [0.25, 0.3) is 0 Å². The number of hydrogen-bond acceptors (Lipinski definition) is 4. The molecule has 4 nitrogen and oxygen atoms in total. The zero-order valence-electron chi connectivity index (χ0n) is 13.7. The summed E-state index contributed by atoms with van der Waals surface area (Å²) in [6.07, 6.45) is -0.784. The fourth-order valence-corrected chi connectivity index (χ4v) is 2.59. The van der Waals surface area contributed by atoms with E-state index >= 15 is 0 Å². The molecule has 0 saturated heterocycles. The maximum absolute atomic E-state index is 13.6. The average Bonchev–Trinajstić information content (AvgIpc) is 2.56. The Hall–Kier alpha value is -1.50. The number of nitrogens with one attached hydrogen (secondary N) is 1. The van der Waals surface area contributed by atoms with Crippen molar-refractivity contribution in [3.05, 3.63) is 58.3 Å². The van der Waals surface area contributed by atoms with Crippen LogP contribution in [0.4, 0.5) is 15.8 Å². The standard InChI is InChI=1S/C16H20B2BrFN2O2/c17-16(18,24-9-10-4-2-1-3-5-10)15(23)8-22-14-7-12(20)13(21)6-11(14)19/h1-7,15,22-23H,8-9,17-18,21H2. The molecule has 0 heterocycles. The molecule has 2 rings (SSSR count). The molecule has 2 aromatic rings. The summed E-state index contributed by atoms with van der Waals surface area (Å²) in [4.78, 5) is 0. The third kappa shape index (κ3) is 5.00. The highest BCUT2D eigenvalue weighted by atomic mass is 79.9. The Morgan fingerprint density at radius 3 is 2.62 bits per heavy atom. The Balaban J connectivity index is 1.93. The Kier molecular flexibility index (Phi) is 6.32. The molecule has 0 aromatic heterocycles. The summed E-state index contributed by atoms with van der Waals surface area (Å²) in [6.45, 7) is 0.620. The van der Waals surface area contributed by atoms with Crippen molar-refractivity contribution in [3.63, 3.8) is 0 Å². The number of ether oxygens (including phenoxy) is 1. The molecule has 0 aliphatic rings. The van der Waals surface area contributed by atoms with Gasteiger partial charge in [-0.25, -0.2) is 4.39 Å². The first-order valence-electron chi connectivity index (χ1n) is 7.64. The van der Waals surface area contributed by atoms with Gasteiger partial charge in [0.2, 0.25) is 0 Å². The molecule has 0 saturated carbocycles. The minimum Gasteiger partial charge on any atom is -0.396 e. The van der Waals surface area contributed by atoms with E-state index in [1.165, 1.54) is 12.1 Å². The topological polar surface area (TPSA) is 67.5 Å². The second kappa shape index (κ2) is 8.05. The molecule has 1 atom stereocenters. The molecule has 0 fully saturated rings. The summed E-state index contributed by atoms with van der Waals surface area (Å²) in [5.41, 5.74) is 7.14. The van der Waals surface area contributed by atoms with Crippen molar-refractivity contribution in [2.75, 3.05) is 17.6 Å². The van der Waals surface area contributed by atoms with Crippen LogP contribution in [-0.2, 0) is 11.3 Å². The lowest BCUT2D eigenvalue weighted by atomic mass is 9.61. The van der Waals surface area contributed by atoms with Gasteiger partial charge in [-0.05, 0) is 27.6 Å². The fourth-order valence-electron chi connectivity index (χ4n) is 2.09. The van der Waals surface area contributed by atoms with Crippen LogP contribution in [0.5, 0.6) is 0 Å². The quantitative estimate of drug-likeness (QED) is 0.487. The van der Waals surface area contributed by atoms with Crippen molar-refractivity contribution in [3.8, 4) is 0 Å². The van der Waals surface area contributed by atoms with Gasteiger partial charge in [0.25, 0.3) is 0 Å². The van der Waals surface area contributed by atoms with Crippen LogP contribution in [0.2, 0.25) is 0 Å². The minimum absolute atomic E-state index is 0.0690. The summed E-state index contributed by atoms with van der Waals surface area (Å²) in [6, 6.07) is 12.5. The molecular weight excluding hydrogens is 373 g/mol. The van der Waals surface area contributed by atoms with Crippen molar-refractivity contribution in [2.45, 2.75) is 18.1 Å². The summed E-state index contributed by atoms with van der Waals surface area (Å²) in [5.74, 6) is -0.505. The predicted octanol–water partition coefficient (Wildman–Crippen LogP) is 1.08. The van der Waals surface area contributed by atoms with Gasteiger partial charge in [0.15, 0.2) is 0 Å². The summed E-state index contributed by atoms with van der Waals surface area (Å²) < 4.78 is 20.0. The zero-order chi connectivity index (χ0) is 17.7. The third-order valence-electron chi connectivity index (χ3n) is 3.83. The van der Waals surface area contributed by atoms with Crippen molar-refractivity contribution in [1.82, 2.24) is 0 Å². The highest BCUT2D eigenvalue weighted by molar-refractivity contribution is 9.10. The molecule has 0 aliphatic carbocycles. The van der Waals surface area contributed by atoms with Gasteiger partial charge in [0.1, 0.15) is 21.5 Å². The van der Waals surface area contributed by atoms with E-state index in [4.69, 9.17) is 10.5 Å². The fraction of sp³-hybridized carbons (Fsp3) is 0.250. The highest BCUT2D eigenvalue weighted by Gasteiger charge is 2.28. The van der Waals surface area contributed by atoms with Crippen LogP contribution in [0.1, 0.15) is 5.56 Å². The summed E-state index contributed by atoms with van der Waals surface area (Å²) >= 11 is 3.32. The van der Waals surface area contributed by atoms with Crippen molar-refractivity contribution in [1.29, 1.82) is 0 Å². The molecule has 4 N–H and O–H groups in total. The number of nitrogens with two attached hydrogens (primary N) is 1. The van der Waals surface area contributed by atoms with E-state index in [9.17, 15) is 9.50 Å². The maximum atomic E-state index is 13.6. The number of benzene rings is 2. The van der Waals surface area contributed by atoms with Gasteiger partial charge in [-0.3, -0.25) is 0 Å². The van der Waals surface area contributed by atoms with Crippen LogP contribution in [0.15, 0.2) is 46.9 Å². The predicted molar refractivity (Wildman–Crippen MR) is 104 cm³/mol. The van der Waals surface area contributed by atoms with Gasteiger partial charge >= 0.3 is 0 Å². The SMILES string of the molecule is BC(B)(OCc1ccccc1)C(O)CNc1cc(F)c(N)cc1Br. The van der Waals surface area contributed by atoms with E-state index in [2.05, 4.69) is 21.2 Å². The van der Waals surface area contributed by atoms with E-state index < -0.39 is 17.3 Å². The lowest BCUT2D eigenvalue weighted by Crippen LogP contribution is -2.49. The van der Waals surface area contributed by atoms with Gasteiger partial charge in [-0.15, -0.1) is 0 Å². The van der Waals surface area contributed by atoms with E-state index in [1.54, 1.807) is 0 Å². The number of aliphatic hydroxyl groups is 1. The van der Waals surface area contributed by atoms with Gasteiger partial charge in [0.05, 0.1) is 24.1 Å². The maximum Gasteiger partial charge on any atom is 0.148 e. The number of hydrogen-bond donors (Lipinski definition) is 3. The molecule has 1 unspecified atom stereocenters. The highest BCUT2D eigenvalue weighted by Crippen LogP contribution is 2.27. The van der Waals surface area contributed by atoms with Crippen molar-refractivity contribution in [2.24, 2.45) is 0 Å². The van der Waals surface area contributed by atoms with Gasteiger partial charge in [0, 0.05) is 22.5 Å². The summed E-state index contributed by atoms with van der Waals surface area (Å²) in [5, 5.41) is 12.7. The first-order chi connectivity index (χ1) is 11.3. The Morgan fingerprint density at radius 1 is 1.29 bits per heavy atom. The van der Waals surface area contributed by atoms with Crippen LogP contribution in [0, 0.1) is 5.82 Å². The molecule has 0 radical (unpaired) electrons. The number of halogens is 2. The number of rotatable bonds is 7. The molecule has 0 bridgehead atoms. The molecule has 2 aromatic carbocycles. The van der Waals surface area contributed by atoms with Crippen molar-refractivity contribution < 1.29 is 14.2 Å². The first kappa shape index (κ1) is 18.8. The van der Waals surface area contributed by atoms with Gasteiger partial charge in [-0.1, -0.05) is 30.3 Å². The molecule has 8 heteroatoms. The van der Waals surface area contributed by atoms with E-state index in [1.807, 2.05) is 46.0 Å². The third-order valence-corrected chi connectivity index (χ3v) is 4.48. The van der Waals surface area contributed by atoms with Crippen LogP contribution in [-0.4, -0.2) is 38.8 Å². The Labute approximate surface area is 151 Å². The zero-order valence-corrected chi connectivity index (χ0v) is 15.3. The number of aliphatic hydroxyl groups excluding tert-OH is 1. The molecule has 0 amide bonds.